The Bertz CT molecular complexity index is 447. The van der Waals surface area contributed by atoms with E-state index in [1.54, 1.807) is 12.1 Å². The molecule has 0 spiro atoms. The average Bonchev–Trinajstić information content (AvgIpc) is 2.46. The van der Waals surface area contributed by atoms with Crippen molar-refractivity contribution in [2.45, 2.75) is 37.0 Å². The maximum absolute atomic E-state index is 13.0. The fourth-order valence-electron chi connectivity index (χ4n) is 2.51. The SMILES string of the molecule is CSC1CCC(NCC(=O)Nc2cccc(F)c2)CC1. The Balaban J connectivity index is 1.70. The molecule has 0 aliphatic heterocycles. The zero-order valence-corrected chi connectivity index (χ0v) is 12.5. The van der Waals surface area contributed by atoms with Crippen molar-refractivity contribution in [3.05, 3.63) is 30.1 Å². The van der Waals surface area contributed by atoms with E-state index >= 15 is 0 Å². The van der Waals surface area contributed by atoms with E-state index < -0.39 is 0 Å². The van der Waals surface area contributed by atoms with Crippen LogP contribution in [0.25, 0.3) is 0 Å². The first-order valence-corrected chi connectivity index (χ1v) is 8.28. The Kier molecular flexibility index (Phi) is 5.86. The van der Waals surface area contributed by atoms with Crippen LogP contribution >= 0.6 is 11.8 Å². The zero-order valence-electron chi connectivity index (χ0n) is 11.7. The molecule has 0 radical (unpaired) electrons. The molecule has 1 saturated carbocycles. The van der Waals surface area contributed by atoms with Crippen LogP contribution < -0.4 is 10.6 Å². The summed E-state index contributed by atoms with van der Waals surface area (Å²) in [6.07, 6.45) is 6.83. The summed E-state index contributed by atoms with van der Waals surface area (Å²) in [7, 11) is 0. The molecule has 1 aromatic carbocycles. The van der Waals surface area contributed by atoms with Crippen molar-refractivity contribution in [2.75, 3.05) is 18.1 Å². The monoisotopic (exact) mass is 296 g/mol. The molecule has 0 aromatic heterocycles. The number of hydrogen-bond donors (Lipinski definition) is 2. The summed E-state index contributed by atoms with van der Waals surface area (Å²) >= 11 is 1.93. The zero-order chi connectivity index (χ0) is 14.4. The summed E-state index contributed by atoms with van der Waals surface area (Å²) in [6.45, 7) is 0.283. The largest absolute Gasteiger partial charge is 0.325 e. The molecule has 0 bridgehead atoms. The number of carbonyl (C=O) groups excluding carboxylic acids is 1. The highest BCUT2D eigenvalue weighted by Crippen LogP contribution is 2.26. The van der Waals surface area contributed by atoms with E-state index in [2.05, 4.69) is 16.9 Å². The number of hydrogen-bond acceptors (Lipinski definition) is 3. The molecule has 2 rings (SSSR count). The molecule has 110 valence electrons. The smallest absolute Gasteiger partial charge is 0.238 e. The second-order valence-corrected chi connectivity index (χ2v) is 6.29. The van der Waals surface area contributed by atoms with E-state index in [-0.39, 0.29) is 18.3 Å². The van der Waals surface area contributed by atoms with Gasteiger partial charge in [0.1, 0.15) is 5.82 Å². The first-order chi connectivity index (χ1) is 9.67. The highest BCUT2D eigenvalue weighted by Gasteiger charge is 2.20. The summed E-state index contributed by atoms with van der Waals surface area (Å²) in [5.41, 5.74) is 0.503. The number of rotatable bonds is 5. The Morgan fingerprint density at radius 2 is 2.10 bits per heavy atom. The van der Waals surface area contributed by atoms with Crippen LogP contribution in [0.4, 0.5) is 10.1 Å². The quantitative estimate of drug-likeness (QED) is 0.877. The van der Waals surface area contributed by atoms with Gasteiger partial charge in [-0.2, -0.15) is 11.8 Å². The van der Waals surface area contributed by atoms with Crippen LogP contribution in [0.15, 0.2) is 24.3 Å². The number of anilines is 1. The topological polar surface area (TPSA) is 41.1 Å². The third kappa shape index (κ3) is 4.80. The maximum Gasteiger partial charge on any atom is 0.238 e. The summed E-state index contributed by atoms with van der Waals surface area (Å²) in [5.74, 6) is -0.464. The molecule has 0 atom stereocenters. The van der Waals surface area contributed by atoms with E-state index in [9.17, 15) is 9.18 Å². The summed E-state index contributed by atoms with van der Waals surface area (Å²) in [4.78, 5) is 11.8. The van der Waals surface area contributed by atoms with E-state index in [0.29, 0.717) is 11.7 Å². The van der Waals surface area contributed by atoms with E-state index in [1.165, 1.54) is 25.0 Å². The Hall–Kier alpha value is -1.07. The van der Waals surface area contributed by atoms with Crippen molar-refractivity contribution >= 4 is 23.4 Å². The number of carbonyl (C=O) groups is 1. The minimum atomic E-state index is -0.342. The summed E-state index contributed by atoms with van der Waals surface area (Å²) in [5, 5.41) is 6.75. The lowest BCUT2D eigenvalue weighted by Crippen LogP contribution is -2.38. The van der Waals surface area contributed by atoms with Gasteiger partial charge >= 0.3 is 0 Å². The van der Waals surface area contributed by atoms with Gasteiger partial charge < -0.3 is 10.6 Å². The predicted molar refractivity (Wildman–Crippen MR) is 82.6 cm³/mol. The van der Waals surface area contributed by atoms with Gasteiger partial charge in [-0.05, 0) is 50.1 Å². The fourth-order valence-corrected chi connectivity index (χ4v) is 3.25. The molecule has 1 aromatic rings. The van der Waals surface area contributed by atoms with Gasteiger partial charge in [0.25, 0.3) is 0 Å². The van der Waals surface area contributed by atoms with Crippen molar-refractivity contribution in [3.8, 4) is 0 Å². The standard InChI is InChI=1S/C15H21FN2OS/c1-20-14-7-5-12(6-8-14)17-10-15(19)18-13-4-2-3-11(16)9-13/h2-4,9,12,14,17H,5-8,10H2,1H3,(H,18,19). The van der Waals surface area contributed by atoms with Gasteiger partial charge in [-0.3, -0.25) is 4.79 Å². The van der Waals surface area contributed by atoms with Crippen LogP contribution in [-0.2, 0) is 4.79 Å². The van der Waals surface area contributed by atoms with Gasteiger partial charge in [0.15, 0.2) is 0 Å². The average molecular weight is 296 g/mol. The Morgan fingerprint density at radius 1 is 1.35 bits per heavy atom. The fraction of sp³-hybridized carbons (Fsp3) is 0.533. The van der Waals surface area contributed by atoms with E-state index in [1.807, 2.05) is 11.8 Å². The molecule has 3 nitrogen and oxygen atoms in total. The van der Waals surface area contributed by atoms with Gasteiger partial charge in [-0.15, -0.1) is 0 Å². The van der Waals surface area contributed by atoms with Gasteiger partial charge in [0.2, 0.25) is 5.91 Å². The molecular formula is C15H21FN2OS. The molecule has 0 unspecified atom stereocenters. The first-order valence-electron chi connectivity index (χ1n) is 6.99. The summed E-state index contributed by atoms with van der Waals surface area (Å²) in [6, 6.07) is 6.38. The maximum atomic E-state index is 13.0. The molecular weight excluding hydrogens is 275 g/mol. The van der Waals surface area contributed by atoms with E-state index in [0.717, 1.165) is 18.1 Å². The highest BCUT2D eigenvalue weighted by atomic mass is 32.2. The molecule has 1 amide bonds. The number of amides is 1. The van der Waals surface area contributed by atoms with Crippen LogP contribution in [0.3, 0.4) is 0 Å². The van der Waals surface area contributed by atoms with Crippen LogP contribution in [0.1, 0.15) is 25.7 Å². The molecule has 1 aliphatic carbocycles. The summed E-state index contributed by atoms with van der Waals surface area (Å²) < 4.78 is 13.0. The third-order valence-corrected chi connectivity index (χ3v) is 4.81. The predicted octanol–water partition coefficient (Wildman–Crippen LogP) is 3.03. The minimum absolute atomic E-state index is 0.123. The normalized spacial score (nSPS) is 22.5. The highest BCUT2D eigenvalue weighted by molar-refractivity contribution is 7.99. The Morgan fingerprint density at radius 3 is 2.75 bits per heavy atom. The van der Waals surface area contributed by atoms with E-state index in [4.69, 9.17) is 0 Å². The molecule has 0 saturated heterocycles. The van der Waals surface area contributed by atoms with Crippen molar-refractivity contribution in [1.29, 1.82) is 0 Å². The minimum Gasteiger partial charge on any atom is -0.325 e. The molecule has 2 N–H and O–H groups in total. The number of nitrogens with one attached hydrogen (secondary N) is 2. The molecule has 5 heteroatoms. The molecule has 1 fully saturated rings. The lowest BCUT2D eigenvalue weighted by molar-refractivity contribution is -0.115. The van der Waals surface area contributed by atoms with Gasteiger partial charge in [-0.25, -0.2) is 4.39 Å². The number of thioether (sulfide) groups is 1. The van der Waals surface area contributed by atoms with Crippen LogP contribution in [0, 0.1) is 5.82 Å². The van der Waals surface area contributed by atoms with Gasteiger partial charge in [0.05, 0.1) is 6.54 Å². The molecule has 20 heavy (non-hydrogen) atoms. The third-order valence-electron chi connectivity index (χ3n) is 3.67. The molecule has 1 aliphatic rings. The Labute approximate surface area is 123 Å². The van der Waals surface area contributed by atoms with Crippen molar-refractivity contribution in [3.63, 3.8) is 0 Å². The van der Waals surface area contributed by atoms with Crippen LogP contribution in [0.5, 0.6) is 0 Å². The second-order valence-electron chi connectivity index (χ2n) is 5.15. The lowest BCUT2D eigenvalue weighted by atomic mass is 9.95. The van der Waals surface area contributed by atoms with Crippen molar-refractivity contribution in [2.24, 2.45) is 0 Å². The van der Waals surface area contributed by atoms with Crippen molar-refractivity contribution in [1.82, 2.24) is 5.32 Å². The lowest BCUT2D eigenvalue weighted by Gasteiger charge is -2.27. The van der Waals surface area contributed by atoms with Gasteiger partial charge in [0, 0.05) is 17.0 Å². The molecule has 0 heterocycles. The van der Waals surface area contributed by atoms with Crippen LogP contribution in [-0.4, -0.2) is 30.0 Å². The first kappa shape index (κ1) is 15.3. The van der Waals surface area contributed by atoms with Crippen molar-refractivity contribution < 1.29 is 9.18 Å². The number of halogens is 1. The second kappa shape index (κ2) is 7.64. The number of benzene rings is 1. The van der Waals surface area contributed by atoms with Gasteiger partial charge in [-0.1, -0.05) is 6.07 Å². The van der Waals surface area contributed by atoms with Crippen LogP contribution in [0.2, 0.25) is 0 Å².